The third kappa shape index (κ3) is 3.30. The fourth-order valence-electron chi connectivity index (χ4n) is 2.67. The van der Waals surface area contributed by atoms with Crippen LogP contribution in [0.15, 0.2) is 28.7 Å². The van der Waals surface area contributed by atoms with Crippen LogP contribution in [-0.4, -0.2) is 18.6 Å². The molecule has 0 aliphatic heterocycles. The lowest BCUT2D eigenvalue weighted by atomic mass is 9.77. The van der Waals surface area contributed by atoms with Crippen LogP contribution in [0.1, 0.15) is 32.6 Å². The van der Waals surface area contributed by atoms with Crippen molar-refractivity contribution in [2.75, 3.05) is 12.4 Å². The predicted molar refractivity (Wildman–Crippen MR) is 80.1 cm³/mol. The Morgan fingerprint density at radius 2 is 2.11 bits per heavy atom. The molecular weight excluding hydrogens is 306 g/mol. The van der Waals surface area contributed by atoms with Gasteiger partial charge >= 0.3 is 5.97 Å². The number of ether oxygens (including phenoxy) is 1. The molecule has 0 radical (unpaired) electrons. The van der Waals surface area contributed by atoms with Gasteiger partial charge in [0.1, 0.15) is 5.54 Å². The monoisotopic (exact) mass is 325 g/mol. The quantitative estimate of drug-likeness (QED) is 0.854. The molecule has 0 atom stereocenters. The Morgan fingerprint density at radius 1 is 1.42 bits per heavy atom. The highest BCUT2D eigenvalue weighted by Crippen LogP contribution is 2.36. The van der Waals surface area contributed by atoms with Crippen molar-refractivity contribution in [1.82, 2.24) is 0 Å². The summed E-state index contributed by atoms with van der Waals surface area (Å²) in [6, 6.07) is 7.90. The molecule has 1 aromatic carbocycles. The molecule has 4 heteroatoms. The lowest BCUT2D eigenvalue weighted by Gasteiger charge is -2.38. The molecule has 0 unspecified atom stereocenters. The lowest BCUT2D eigenvalue weighted by Crippen LogP contribution is -2.49. The van der Waals surface area contributed by atoms with Crippen LogP contribution in [-0.2, 0) is 9.53 Å². The second-order valence-corrected chi connectivity index (χ2v) is 6.31. The number of halogens is 1. The Hall–Kier alpha value is -1.03. The van der Waals surface area contributed by atoms with Crippen molar-refractivity contribution >= 4 is 27.6 Å². The summed E-state index contributed by atoms with van der Waals surface area (Å²) < 4.78 is 6.02. The molecule has 0 bridgehead atoms. The average molecular weight is 326 g/mol. The maximum Gasteiger partial charge on any atom is 0.331 e. The molecule has 0 amide bonds. The number of benzene rings is 1. The first-order chi connectivity index (χ1) is 9.05. The molecule has 0 aromatic heterocycles. The molecule has 1 aliphatic rings. The van der Waals surface area contributed by atoms with Crippen molar-refractivity contribution in [3.63, 3.8) is 0 Å². The first kappa shape index (κ1) is 14.4. The van der Waals surface area contributed by atoms with Gasteiger partial charge in [-0.25, -0.2) is 4.79 Å². The predicted octanol–water partition coefficient (Wildman–Crippen LogP) is 3.98. The van der Waals surface area contributed by atoms with E-state index in [4.69, 9.17) is 4.74 Å². The molecule has 1 aliphatic carbocycles. The third-order valence-corrected chi connectivity index (χ3v) is 4.41. The molecule has 104 valence electrons. The van der Waals surface area contributed by atoms with Crippen LogP contribution in [0.25, 0.3) is 0 Å². The summed E-state index contributed by atoms with van der Waals surface area (Å²) in [6.45, 7) is 2.24. The van der Waals surface area contributed by atoms with E-state index in [1.54, 1.807) is 0 Å². The van der Waals surface area contributed by atoms with Crippen molar-refractivity contribution in [3.05, 3.63) is 28.7 Å². The van der Waals surface area contributed by atoms with Gasteiger partial charge in [0.05, 0.1) is 7.11 Å². The van der Waals surface area contributed by atoms with Crippen LogP contribution in [0, 0.1) is 5.92 Å². The molecule has 1 fully saturated rings. The van der Waals surface area contributed by atoms with Crippen molar-refractivity contribution < 1.29 is 9.53 Å². The summed E-state index contributed by atoms with van der Waals surface area (Å²) in [5.41, 5.74) is 0.386. The highest BCUT2D eigenvalue weighted by Gasteiger charge is 2.42. The zero-order valence-electron chi connectivity index (χ0n) is 11.4. The van der Waals surface area contributed by atoms with Gasteiger partial charge in [-0.05, 0) is 49.8 Å². The number of methoxy groups -OCH3 is 1. The summed E-state index contributed by atoms with van der Waals surface area (Å²) in [5, 5.41) is 3.40. The molecule has 0 heterocycles. The van der Waals surface area contributed by atoms with Gasteiger partial charge in [0.2, 0.25) is 0 Å². The van der Waals surface area contributed by atoms with E-state index in [1.165, 1.54) is 7.11 Å². The lowest BCUT2D eigenvalue weighted by molar-refractivity contribution is -0.147. The minimum absolute atomic E-state index is 0.153. The van der Waals surface area contributed by atoms with E-state index in [2.05, 4.69) is 28.2 Å². The van der Waals surface area contributed by atoms with E-state index in [9.17, 15) is 4.79 Å². The second kappa shape index (κ2) is 5.95. The Morgan fingerprint density at radius 3 is 2.68 bits per heavy atom. The third-order valence-electron chi connectivity index (χ3n) is 3.91. The molecule has 0 spiro atoms. The van der Waals surface area contributed by atoms with Crippen molar-refractivity contribution in [2.24, 2.45) is 5.92 Å². The van der Waals surface area contributed by atoms with Gasteiger partial charge in [-0.15, -0.1) is 0 Å². The van der Waals surface area contributed by atoms with E-state index in [1.807, 2.05) is 24.3 Å². The Labute approximate surface area is 122 Å². The van der Waals surface area contributed by atoms with Gasteiger partial charge in [0.15, 0.2) is 0 Å². The van der Waals surface area contributed by atoms with Crippen LogP contribution in [0.4, 0.5) is 5.69 Å². The summed E-state index contributed by atoms with van der Waals surface area (Å²) in [5.74, 6) is 0.529. The van der Waals surface area contributed by atoms with E-state index in [0.29, 0.717) is 5.92 Å². The van der Waals surface area contributed by atoms with E-state index < -0.39 is 5.54 Å². The highest BCUT2D eigenvalue weighted by molar-refractivity contribution is 9.10. The second-order valence-electron chi connectivity index (χ2n) is 5.39. The van der Waals surface area contributed by atoms with Crippen LogP contribution in [0.5, 0.6) is 0 Å². The molecule has 1 N–H and O–H groups in total. The summed E-state index contributed by atoms with van der Waals surface area (Å²) >= 11 is 3.45. The standard InChI is InChI=1S/C15H20BrNO2/c1-11-6-8-15(9-7-11,14(18)19-2)17-13-5-3-4-12(16)10-13/h3-5,10-11,17H,6-9H2,1-2H3. The molecule has 0 saturated heterocycles. The summed E-state index contributed by atoms with van der Waals surface area (Å²) in [7, 11) is 1.46. The zero-order chi connectivity index (χ0) is 13.9. The highest BCUT2D eigenvalue weighted by atomic mass is 79.9. The number of nitrogens with one attached hydrogen (secondary N) is 1. The Balaban J connectivity index is 2.21. The van der Waals surface area contributed by atoms with E-state index >= 15 is 0 Å². The van der Waals surface area contributed by atoms with Crippen LogP contribution >= 0.6 is 15.9 Å². The number of carbonyl (C=O) groups excluding carboxylic acids is 1. The minimum Gasteiger partial charge on any atom is -0.467 e. The van der Waals surface area contributed by atoms with Gasteiger partial charge in [-0.2, -0.15) is 0 Å². The molecule has 1 saturated carbocycles. The van der Waals surface area contributed by atoms with Crippen LogP contribution in [0.2, 0.25) is 0 Å². The van der Waals surface area contributed by atoms with Gasteiger partial charge in [0, 0.05) is 10.2 Å². The SMILES string of the molecule is COC(=O)C1(Nc2cccc(Br)c2)CCC(C)CC1. The van der Waals surface area contributed by atoms with Gasteiger partial charge in [-0.3, -0.25) is 0 Å². The van der Waals surface area contributed by atoms with Gasteiger partial charge in [0.25, 0.3) is 0 Å². The fourth-order valence-corrected chi connectivity index (χ4v) is 3.07. The van der Waals surface area contributed by atoms with Gasteiger partial charge in [-0.1, -0.05) is 28.9 Å². The molecule has 1 aromatic rings. The van der Waals surface area contributed by atoms with Crippen molar-refractivity contribution in [1.29, 1.82) is 0 Å². The Bertz CT molecular complexity index is 453. The largest absolute Gasteiger partial charge is 0.467 e. The fraction of sp³-hybridized carbons (Fsp3) is 0.533. The molecule has 2 rings (SSSR count). The molecular formula is C15H20BrNO2. The maximum absolute atomic E-state index is 12.2. The average Bonchev–Trinajstić information content (AvgIpc) is 2.41. The smallest absolute Gasteiger partial charge is 0.331 e. The summed E-state index contributed by atoms with van der Waals surface area (Å²) in [6.07, 6.45) is 3.76. The van der Waals surface area contributed by atoms with Crippen molar-refractivity contribution in [3.8, 4) is 0 Å². The number of esters is 1. The minimum atomic E-state index is -0.567. The van der Waals surface area contributed by atoms with E-state index in [0.717, 1.165) is 35.8 Å². The number of anilines is 1. The Kier molecular flexibility index (Phi) is 4.50. The zero-order valence-corrected chi connectivity index (χ0v) is 13.0. The number of rotatable bonds is 3. The van der Waals surface area contributed by atoms with E-state index in [-0.39, 0.29) is 5.97 Å². The first-order valence-electron chi connectivity index (χ1n) is 6.68. The summed E-state index contributed by atoms with van der Waals surface area (Å²) in [4.78, 5) is 12.2. The number of hydrogen-bond acceptors (Lipinski definition) is 3. The molecule has 19 heavy (non-hydrogen) atoms. The van der Waals surface area contributed by atoms with Gasteiger partial charge < -0.3 is 10.1 Å². The van der Waals surface area contributed by atoms with Crippen molar-refractivity contribution in [2.45, 2.75) is 38.1 Å². The normalized spacial score (nSPS) is 26.8. The van der Waals surface area contributed by atoms with Crippen LogP contribution < -0.4 is 5.32 Å². The topological polar surface area (TPSA) is 38.3 Å². The number of hydrogen-bond donors (Lipinski definition) is 1. The maximum atomic E-state index is 12.2. The number of carbonyl (C=O) groups is 1. The first-order valence-corrected chi connectivity index (χ1v) is 7.47. The molecule has 3 nitrogen and oxygen atoms in total. The van der Waals surface area contributed by atoms with Crippen LogP contribution in [0.3, 0.4) is 0 Å².